The molecule has 0 bridgehead atoms. The van der Waals surface area contributed by atoms with E-state index in [9.17, 15) is 4.79 Å². The van der Waals surface area contributed by atoms with E-state index in [0.29, 0.717) is 11.9 Å². The standard InChI is InChI=1S/C19H19N5O/c1-10(2)12-7-8-16-14(9-12)11(3)20-18(22-16)24-19-21-15-6-4-5-13(15)17(25)23-19/h7-9H,1,4-6H2,2-3H3,(H2,20,21,22,23,24,25). The minimum atomic E-state index is -0.0754. The fourth-order valence-electron chi connectivity index (χ4n) is 3.21. The predicted octanol–water partition coefficient (Wildman–Crippen LogP) is 3.29. The molecular formula is C19H19N5O. The van der Waals surface area contributed by atoms with Crippen LogP contribution in [0.4, 0.5) is 11.9 Å². The molecule has 6 nitrogen and oxygen atoms in total. The molecule has 3 aromatic rings. The molecule has 2 aromatic heterocycles. The van der Waals surface area contributed by atoms with Gasteiger partial charge in [0.25, 0.3) is 5.56 Å². The second-order valence-corrected chi connectivity index (χ2v) is 6.46. The molecule has 1 aromatic carbocycles. The monoisotopic (exact) mass is 333 g/mol. The maximum atomic E-state index is 12.1. The number of allylic oxidation sites excluding steroid dienone is 1. The number of benzene rings is 1. The Morgan fingerprint density at radius 3 is 2.88 bits per heavy atom. The van der Waals surface area contributed by atoms with Crippen molar-refractivity contribution in [2.75, 3.05) is 5.32 Å². The fourth-order valence-corrected chi connectivity index (χ4v) is 3.21. The number of aromatic amines is 1. The van der Waals surface area contributed by atoms with Gasteiger partial charge in [-0.3, -0.25) is 15.1 Å². The number of aryl methyl sites for hydroxylation is 2. The molecule has 0 radical (unpaired) electrons. The van der Waals surface area contributed by atoms with E-state index < -0.39 is 0 Å². The number of rotatable bonds is 3. The van der Waals surface area contributed by atoms with Gasteiger partial charge in [-0.2, -0.15) is 0 Å². The molecule has 0 fully saturated rings. The summed E-state index contributed by atoms with van der Waals surface area (Å²) in [4.78, 5) is 28.4. The number of nitrogens with zero attached hydrogens (tertiary/aromatic N) is 3. The minimum absolute atomic E-state index is 0.0754. The van der Waals surface area contributed by atoms with Gasteiger partial charge in [0.1, 0.15) is 0 Å². The van der Waals surface area contributed by atoms with E-state index in [1.54, 1.807) is 0 Å². The molecule has 126 valence electrons. The first-order valence-electron chi connectivity index (χ1n) is 8.34. The first-order valence-corrected chi connectivity index (χ1v) is 8.34. The first-order chi connectivity index (χ1) is 12.0. The number of hydrogen-bond donors (Lipinski definition) is 2. The number of hydrogen-bond acceptors (Lipinski definition) is 5. The molecule has 0 atom stereocenters. The highest BCUT2D eigenvalue weighted by atomic mass is 16.1. The lowest BCUT2D eigenvalue weighted by atomic mass is 10.1. The summed E-state index contributed by atoms with van der Waals surface area (Å²) >= 11 is 0. The van der Waals surface area contributed by atoms with Crippen LogP contribution < -0.4 is 10.9 Å². The third-order valence-electron chi connectivity index (χ3n) is 4.55. The summed E-state index contributed by atoms with van der Waals surface area (Å²) in [5.74, 6) is 0.817. The normalized spacial score (nSPS) is 13.0. The van der Waals surface area contributed by atoms with Gasteiger partial charge in [0.2, 0.25) is 11.9 Å². The summed E-state index contributed by atoms with van der Waals surface area (Å²) in [6, 6.07) is 6.00. The van der Waals surface area contributed by atoms with Crippen LogP contribution in [0.2, 0.25) is 0 Å². The SMILES string of the molecule is C=C(C)c1ccc2nc(Nc3nc4c(c(=O)[nH]3)CCC4)nc(C)c2c1. The second kappa shape index (κ2) is 5.81. The Morgan fingerprint density at radius 1 is 1.24 bits per heavy atom. The first kappa shape index (κ1) is 15.5. The van der Waals surface area contributed by atoms with Gasteiger partial charge < -0.3 is 0 Å². The Bertz CT molecular complexity index is 1070. The maximum Gasteiger partial charge on any atom is 0.255 e. The molecule has 25 heavy (non-hydrogen) atoms. The molecule has 2 N–H and O–H groups in total. The largest absolute Gasteiger partial charge is 0.294 e. The summed E-state index contributed by atoms with van der Waals surface area (Å²) in [6.45, 7) is 7.89. The molecule has 0 unspecified atom stereocenters. The Hall–Kier alpha value is -3.02. The van der Waals surface area contributed by atoms with Crippen LogP contribution >= 0.6 is 0 Å². The number of fused-ring (bicyclic) bond motifs is 2. The molecule has 1 aliphatic rings. The zero-order valence-corrected chi connectivity index (χ0v) is 14.3. The molecule has 0 saturated heterocycles. The van der Waals surface area contributed by atoms with Crippen molar-refractivity contribution in [1.82, 2.24) is 19.9 Å². The lowest BCUT2D eigenvalue weighted by Crippen LogP contribution is -2.16. The Labute approximate surface area is 145 Å². The van der Waals surface area contributed by atoms with Crippen LogP contribution in [-0.2, 0) is 12.8 Å². The molecule has 4 rings (SSSR count). The van der Waals surface area contributed by atoms with E-state index in [-0.39, 0.29) is 5.56 Å². The van der Waals surface area contributed by atoms with E-state index in [1.807, 2.05) is 32.0 Å². The van der Waals surface area contributed by atoms with E-state index in [1.165, 1.54) is 0 Å². The zero-order valence-electron chi connectivity index (χ0n) is 14.3. The topological polar surface area (TPSA) is 83.6 Å². The lowest BCUT2D eigenvalue weighted by molar-refractivity contribution is 0.899. The summed E-state index contributed by atoms with van der Waals surface area (Å²) in [5.41, 5.74) is 5.37. The van der Waals surface area contributed by atoms with Crippen LogP contribution in [0.3, 0.4) is 0 Å². The van der Waals surface area contributed by atoms with Crippen molar-refractivity contribution in [2.24, 2.45) is 0 Å². The Balaban J connectivity index is 1.73. The number of anilines is 2. The summed E-state index contributed by atoms with van der Waals surface area (Å²) in [5, 5.41) is 4.03. The minimum Gasteiger partial charge on any atom is -0.294 e. The molecule has 6 heteroatoms. The van der Waals surface area contributed by atoms with Crippen LogP contribution in [0.1, 0.15) is 35.9 Å². The molecular weight excluding hydrogens is 314 g/mol. The number of nitrogens with one attached hydrogen (secondary N) is 2. The van der Waals surface area contributed by atoms with E-state index in [2.05, 4.69) is 31.8 Å². The average Bonchev–Trinajstić information content (AvgIpc) is 3.03. The van der Waals surface area contributed by atoms with Crippen molar-refractivity contribution in [2.45, 2.75) is 33.1 Å². The zero-order chi connectivity index (χ0) is 17.6. The van der Waals surface area contributed by atoms with Gasteiger partial charge >= 0.3 is 0 Å². The summed E-state index contributed by atoms with van der Waals surface area (Å²) in [6.07, 6.45) is 2.62. The average molecular weight is 333 g/mol. The van der Waals surface area contributed by atoms with E-state index in [4.69, 9.17) is 0 Å². The van der Waals surface area contributed by atoms with Crippen molar-refractivity contribution in [3.63, 3.8) is 0 Å². The Kier molecular flexibility index (Phi) is 3.60. The van der Waals surface area contributed by atoms with E-state index in [0.717, 1.165) is 58.3 Å². The molecule has 0 aliphatic heterocycles. The molecule has 0 spiro atoms. The number of aromatic nitrogens is 4. The van der Waals surface area contributed by atoms with Gasteiger partial charge in [-0.05, 0) is 50.8 Å². The van der Waals surface area contributed by atoms with Gasteiger partial charge in [0.15, 0.2) is 0 Å². The summed E-state index contributed by atoms with van der Waals surface area (Å²) in [7, 11) is 0. The van der Waals surface area contributed by atoms with Gasteiger partial charge in [0, 0.05) is 10.9 Å². The highest BCUT2D eigenvalue weighted by Crippen LogP contribution is 2.23. The predicted molar refractivity (Wildman–Crippen MR) is 99.1 cm³/mol. The highest BCUT2D eigenvalue weighted by molar-refractivity contribution is 5.85. The van der Waals surface area contributed by atoms with Gasteiger partial charge in [0.05, 0.1) is 16.9 Å². The van der Waals surface area contributed by atoms with Crippen LogP contribution in [0.25, 0.3) is 16.5 Å². The fraction of sp³-hybridized carbons (Fsp3) is 0.263. The quantitative estimate of drug-likeness (QED) is 0.768. The smallest absolute Gasteiger partial charge is 0.255 e. The third-order valence-corrected chi connectivity index (χ3v) is 4.55. The van der Waals surface area contributed by atoms with Crippen molar-refractivity contribution in [3.8, 4) is 0 Å². The number of H-pyrrole nitrogens is 1. The lowest BCUT2D eigenvalue weighted by Gasteiger charge is -2.09. The van der Waals surface area contributed by atoms with Crippen molar-refractivity contribution >= 4 is 28.4 Å². The van der Waals surface area contributed by atoms with Crippen LogP contribution in [0, 0.1) is 6.92 Å². The second-order valence-electron chi connectivity index (χ2n) is 6.46. The Morgan fingerprint density at radius 2 is 2.08 bits per heavy atom. The third kappa shape index (κ3) is 2.80. The highest BCUT2D eigenvalue weighted by Gasteiger charge is 2.17. The van der Waals surface area contributed by atoms with Gasteiger partial charge in [-0.1, -0.05) is 18.2 Å². The molecule has 0 amide bonds. The van der Waals surface area contributed by atoms with Crippen molar-refractivity contribution < 1.29 is 0 Å². The molecule has 1 aliphatic carbocycles. The van der Waals surface area contributed by atoms with E-state index >= 15 is 0 Å². The molecule has 0 saturated carbocycles. The maximum absolute atomic E-state index is 12.1. The van der Waals surface area contributed by atoms with Crippen molar-refractivity contribution in [1.29, 1.82) is 0 Å². The van der Waals surface area contributed by atoms with Gasteiger partial charge in [-0.25, -0.2) is 15.0 Å². The summed E-state index contributed by atoms with van der Waals surface area (Å²) < 4.78 is 0. The van der Waals surface area contributed by atoms with Crippen LogP contribution in [0.15, 0.2) is 29.6 Å². The van der Waals surface area contributed by atoms with Crippen molar-refractivity contribution in [3.05, 3.63) is 57.6 Å². The van der Waals surface area contributed by atoms with Gasteiger partial charge in [-0.15, -0.1) is 0 Å². The van der Waals surface area contributed by atoms with Crippen LogP contribution in [-0.4, -0.2) is 19.9 Å². The van der Waals surface area contributed by atoms with Crippen LogP contribution in [0.5, 0.6) is 0 Å². The molecule has 2 heterocycles.